The summed E-state index contributed by atoms with van der Waals surface area (Å²) in [6.45, 7) is 1.63. The second-order valence-electron chi connectivity index (χ2n) is 1.44. The van der Waals surface area contributed by atoms with Gasteiger partial charge in [-0.25, -0.2) is 0 Å². The van der Waals surface area contributed by atoms with Crippen LogP contribution in [0.25, 0.3) is 0 Å². The monoisotopic (exact) mass is 113 g/mol. The third-order valence-electron chi connectivity index (χ3n) is 0.880. The zero-order valence-electron chi connectivity index (χ0n) is 4.33. The van der Waals surface area contributed by atoms with Gasteiger partial charge in [0.15, 0.2) is 0 Å². The Morgan fingerprint density at radius 1 is 1.88 bits per heavy atom. The number of rotatable bonds is 1. The van der Waals surface area contributed by atoms with Gasteiger partial charge in [-0.3, -0.25) is 4.99 Å². The highest BCUT2D eigenvalue weighted by Crippen LogP contribution is 1.79. The Labute approximate surface area is 46.9 Å². The normalized spacial score (nSPS) is 18.8. The Hall–Kier alpha value is -1.06. The molecule has 0 aromatic carbocycles. The zero-order chi connectivity index (χ0) is 5.82. The van der Waals surface area contributed by atoms with Crippen LogP contribution in [0.1, 0.15) is 0 Å². The summed E-state index contributed by atoms with van der Waals surface area (Å²) >= 11 is 0. The molecule has 0 amide bonds. The Balaban J connectivity index is 2.45. The molecular weight excluding hydrogens is 106 g/mol. The van der Waals surface area contributed by atoms with Gasteiger partial charge < -0.3 is 10.5 Å². The van der Waals surface area contributed by atoms with Gasteiger partial charge in [-0.2, -0.15) is 0 Å². The minimum Gasteiger partial charge on any atom is -0.411 e. The van der Waals surface area contributed by atoms with Crippen molar-refractivity contribution in [2.75, 3.05) is 13.1 Å². The van der Waals surface area contributed by atoms with Crippen LogP contribution in [0, 0.1) is 0 Å². The summed E-state index contributed by atoms with van der Waals surface area (Å²) in [6, 6.07) is 0. The number of hydrogen-bond acceptors (Lipinski definition) is 4. The second kappa shape index (κ2) is 2.30. The standard InChI is InChI=1S/C4H7N3O/c8-7-3-4-5-1-2-6-4/h3,8H,1-2H2,(H,5,6). The summed E-state index contributed by atoms with van der Waals surface area (Å²) in [7, 11) is 0. The molecule has 0 saturated carbocycles. The average molecular weight is 113 g/mol. The molecule has 0 aromatic rings. The highest BCUT2D eigenvalue weighted by molar-refractivity contribution is 6.29. The van der Waals surface area contributed by atoms with E-state index in [4.69, 9.17) is 5.21 Å². The lowest BCUT2D eigenvalue weighted by atomic mass is 10.6. The average Bonchev–Trinajstić information content (AvgIpc) is 2.19. The van der Waals surface area contributed by atoms with Crippen molar-refractivity contribution in [1.82, 2.24) is 5.32 Å². The van der Waals surface area contributed by atoms with Crippen molar-refractivity contribution in [2.24, 2.45) is 10.1 Å². The number of oxime groups is 1. The van der Waals surface area contributed by atoms with E-state index in [1.54, 1.807) is 0 Å². The van der Waals surface area contributed by atoms with E-state index in [1.807, 2.05) is 0 Å². The molecule has 1 heterocycles. The third-order valence-corrected chi connectivity index (χ3v) is 0.880. The van der Waals surface area contributed by atoms with Crippen molar-refractivity contribution in [3.05, 3.63) is 0 Å². The SMILES string of the molecule is ON=CC1=NCCN1. The first kappa shape index (κ1) is 5.08. The van der Waals surface area contributed by atoms with E-state index in [0.29, 0.717) is 5.84 Å². The van der Waals surface area contributed by atoms with Gasteiger partial charge >= 0.3 is 0 Å². The van der Waals surface area contributed by atoms with Crippen LogP contribution in [0.3, 0.4) is 0 Å². The predicted molar refractivity (Wildman–Crippen MR) is 30.6 cm³/mol. The molecular formula is C4H7N3O. The number of amidine groups is 1. The van der Waals surface area contributed by atoms with E-state index < -0.39 is 0 Å². The molecule has 0 aromatic heterocycles. The summed E-state index contributed by atoms with van der Waals surface area (Å²) in [5, 5.41) is 13.7. The first-order chi connectivity index (χ1) is 3.93. The van der Waals surface area contributed by atoms with Gasteiger partial charge in [0.1, 0.15) is 12.1 Å². The Morgan fingerprint density at radius 2 is 2.75 bits per heavy atom. The Kier molecular flexibility index (Phi) is 1.46. The van der Waals surface area contributed by atoms with Crippen LogP contribution in [-0.4, -0.2) is 30.3 Å². The van der Waals surface area contributed by atoms with Crippen molar-refractivity contribution >= 4 is 12.1 Å². The van der Waals surface area contributed by atoms with Gasteiger partial charge in [0.05, 0.1) is 6.54 Å². The molecule has 0 fully saturated rings. The van der Waals surface area contributed by atoms with Crippen molar-refractivity contribution in [2.45, 2.75) is 0 Å². The lowest BCUT2D eigenvalue weighted by Gasteiger charge is -1.87. The van der Waals surface area contributed by atoms with Gasteiger partial charge in [0, 0.05) is 6.54 Å². The molecule has 0 saturated heterocycles. The topological polar surface area (TPSA) is 57.0 Å². The quantitative estimate of drug-likeness (QED) is 0.272. The maximum absolute atomic E-state index is 7.98. The molecule has 1 aliphatic heterocycles. The highest BCUT2D eigenvalue weighted by atomic mass is 16.4. The molecule has 0 atom stereocenters. The lowest BCUT2D eigenvalue weighted by molar-refractivity contribution is 0.322. The summed E-state index contributed by atoms with van der Waals surface area (Å²) in [5.74, 6) is 0.660. The second-order valence-corrected chi connectivity index (χ2v) is 1.44. The van der Waals surface area contributed by atoms with Crippen LogP contribution in [0.15, 0.2) is 10.1 Å². The van der Waals surface area contributed by atoms with Gasteiger partial charge in [-0.1, -0.05) is 5.16 Å². The molecule has 0 spiro atoms. The lowest BCUT2D eigenvalue weighted by Crippen LogP contribution is -2.19. The fraction of sp³-hybridized carbons (Fsp3) is 0.500. The molecule has 0 radical (unpaired) electrons. The maximum Gasteiger partial charge on any atom is 0.143 e. The van der Waals surface area contributed by atoms with Gasteiger partial charge in [-0.15, -0.1) is 0 Å². The van der Waals surface area contributed by atoms with Crippen LogP contribution in [-0.2, 0) is 0 Å². The fourth-order valence-electron chi connectivity index (χ4n) is 0.557. The summed E-state index contributed by atoms with van der Waals surface area (Å²) < 4.78 is 0. The third kappa shape index (κ3) is 0.959. The van der Waals surface area contributed by atoms with Crippen LogP contribution < -0.4 is 5.32 Å². The van der Waals surface area contributed by atoms with E-state index >= 15 is 0 Å². The van der Waals surface area contributed by atoms with E-state index in [1.165, 1.54) is 6.21 Å². The Bertz CT molecular complexity index is 129. The molecule has 0 unspecified atom stereocenters. The van der Waals surface area contributed by atoms with Crippen LogP contribution in [0.5, 0.6) is 0 Å². The van der Waals surface area contributed by atoms with Crippen LogP contribution in [0.2, 0.25) is 0 Å². The number of nitrogens with one attached hydrogen (secondary N) is 1. The van der Waals surface area contributed by atoms with E-state index in [2.05, 4.69) is 15.5 Å². The number of aliphatic imine (C=N–C) groups is 1. The first-order valence-corrected chi connectivity index (χ1v) is 2.39. The van der Waals surface area contributed by atoms with Crippen LogP contribution in [0.4, 0.5) is 0 Å². The molecule has 0 aliphatic carbocycles. The molecule has 1 rings (SSSR count). The van der Waals surface area contributed by atoms with E-state index in [9.17, 15) is 0 Å². The molecule has 2 N–H and O–H groups in total. The van der Waals surface area contributed by atoms with Crippen molar-refractivity contribution in [3.63, 3.8) is 0 Å². The molecule has 0 bridgehead atoms. The molecule has 1 aliphatic rings. The van der Waals surface area contributed by atoms with Gasteiger partial charge in [-0.05, 0) is 0 Å². The molecule has 4 nitrogen and oxygen atoms in total. The molecule has 4 heteroatoms. The Morgan fingerprint density at radius 3 is 3.25 bits per heavy atom. The summed E-state index contributed by atoms with van der Waals surface area (Å²) in [5.41, 5.74) is 0. The highest BCUT2D eigenvalue weighted by Gasteiger charge is 1.98. The van der Waals surface area contributed by atoms with Crippen molar-refractivity contribution in [1.29, 1.82) is 0 Å². The molecule has 8 heavy (non-hydrogen) atoms. The van der Waals surface area contributed by atoms with Crippen molar-refractivity contribution in [3.8, 4) is 0 Å². The van der Waals surface area contributed by atoms with Crippen molar-refractivity contribution < 1.29 is 5.21 Å². The zero-order valence-corrected chi connectivity index (χ0v) is 4.33. The first-order valence-electron chi connectivity index (χ1n) is 2.39. The van der Waals surface area contributed by atoms with E-state index in [0.717, 1.165) is 13.1 Å². The van der Waals surface area contributed by atoms with Gasteiger partial charge in [0.2, 0.25) is 0 Å². The largest absolute Gasteiger partial charge is 0.411 e. The predicted octanol–water partition coefficient (Wildman–Crippen LogP) is -0.552. The van der Waals surface area contributed by atoms with E-state index in [-0.39, 0.29) is 0 Å². The smallest absolute Gasteiger partial charge is 0.143 e. The summed E-state index contributed by atoms with van der Waals surface area (Å²) in [6.07, 6.45) is 1.28. The van der Waals surface area contributed by atoms with Gasteiger partial charge in [0.25, 0.3) is 0 Å². The fourth-order valence-corrected chi connectivity index (χ4v) is 0.557. The summed E-state index contributed by atoms with van der Waals surface area (Å²) in [4.78, 5) is 3.92. The van der Waals surface area contributed by atoms with Crippen LogP contribution >= 0.6 is 0 Å². The molecule has 44 valence electrons. The minimum atomic E-state index is 0.660. The number of nitrogens with zero attached hydrogens (tertiary/aromatic N) is 2. The maximum atomic E-state index is 7.98. The number of hydrogen-bond donors (Lipinski definition) is 2. The minimum absolute atomic E-state index is 0.660.